The molecule has 3 aromatic rings. The molecule has 0 spiro atoms. The van der Waals surface area contributed by atoms with Gasteiger partial charge in [-0.05, 0) is 43.6 Å². The Morgan fingerprint density at radius 1 is 1.18 bits per heavy atom. The fraction of sp³-hybridized carbons (Fsp3) is 0.381. The zero-order valence-electron chi connectivity index (χ0n) is 15.9. The molecule has 0 bridgehead atoms. The maximum absolute atomic E-state index is 13.3. The second-order valence-electron chi connectivity index (χ2n) is 7.08. The first kappa shape index (κ1) is 18.6. The number of oxazole rings is 1. The third kappa shape index (κ3) is 4.20. The summed E-state index contributed by atoms with van der Waals surface area (Å²) in [5.41, 5.74) is 2.35. The Bertz CT molecular complexity index is 892. The van der Waals surface area contributed by atoms with Crippen molar-refractivity contribution in [3.05, 3.63) is 60.0 Å². The zero-order valence-corrected chi connectivity index (χ0v) is 15.9. The summed E-state index contributed by atoms with van der Waals surface area (Å²) in [6.07, 6.45) is 7.32. The van der Waals surface area contributed by atoms with Crippen molar-refractivity contribution in [1.29, 1.82) is 0 Å². The molecular formula is C21H24FN5O. The van der Waals surface area contributed by atoms with Crippen LogP contribution >= 0.6 is 0 Å². The van der Waals surface area contributed by atoms with Crippen LogP contribution in [0.3, 0.4) is 0 Å². The van der Waals surface area contributed by atoms with Gasteiger partial charge in [0.25, 0.3) is 0 Å². The van der Waals surface area contributed by atoms with Gasteiger partial charge in [0.05, 0.1) is 18.1 Å². The largest absolute Gasteiger partial charge is 0.443 e. The Balaban J connectivity index is 1.59. The van der Waals surface area contributed by atoms with Crippen LogP contribution in [0, 0.1) is 5.82 Å². The number of rotatable bonds is 7. The highest BCUT2D eigenvalue weighted by molar-refractivity contribution is 5.53. The normalized spacial score (nSPS) is 15.6. The molecule has 1 atom stereocenters. The number of nitrogens with zero attached hydrogens (tertiary/aromatic N) is 4. The molecule has 0 aliphatic carbocycles. The van der Waals surface area contributed by atoms with Gasteiger partial charge in [-0.2, -0.15) is 0 Å². The van der Waals surface area contributed by atoms with Gasteiger partial charge in [0.15, 0.2) is 0 Å². The number of nitrogens with one attached hydrogen (secondary N) is 1. The van der Waals surface area contributed by atoms with Gasteiger partial charge in [-0.15, -0.1) is 0 Å². The molecule has 1 aliphatic rings. The molecule has 1 aliphatic heterocycles. The SMILES string of the molecule is CC(c1ccc(F)cc1)c1nc(-c2ncco2)cnc1NCCN1CCCC1. The monoisotopic (exact) mass is 381 g/mol. The Kier molecular flexibility index (Phi) is 5.62. The van der Waals surface area contributed by atoms with E-state index in [1.807, 2.05) is 6.92 Å². The Morgan fingerprint density at radius 2 is 1.96 bits per heavy atom. The van der Waals surface area contributed by atoms with Gasteiger partial charge in [0.1, 0.15) is 23.6 Å². The van der Waals surface area contributed by atoms with Gasteiger partial charge in [0, 0.05) is 19.0 Å². The van der Waals surface area contributed by atoms with Crippen LogP contribution in [0.2, 0.25) is 0 Å². The second kappa shape index (κ2) is 8.48. The summed E-state index contributed by atoms with van der Waals surface area (Å²) >= 11 is 0. The average Bonchev–Trinajstić information content (AvgIpc) is 3.42. The fourth-order valence-electron chi connectivity index (χ4n) is 3.54. The van der Waals surface area contributed by atoms with Crippen molar-refractivity contribution in [3.8, 4) is 11.6 Å². The molecule has 146 valence electrons. The zero-order chi connectivity index (χ0) is 19.3. The molecule has 2 aromatic heterocycles. The predicted octanol–water partition coefficient (Wildman–Crippen LogP) is 3.93. The van der Waals surface area contributed by atoms with Crippen LogP contribution in [0.5, 0.6) is 0 Å². The van der Waals surface area contributed by atoms with Crippen LogP contribution in [-0.4, -0.2) is 46.0 Å². The minimum Gasteiger partial charge on any atom is -0.443 e. The van der Waals surface area contributed by atoms with E-state index in [2.05, 4.69) is 20.2 Å². The van der Waals surface area contributed by atoms with E-state index in [0.717, 1.165) is 43.3 Å². The van der Waals surface area contributed by atoms with Crippen LogP contribution < -0.4 is 5.32 Å². The quantitative estimate of drug-likeness (QED) is 0.669. The smallest absolute Gasteiger partial charge is 0.246 e. The first-order chi connectivity index (χ1) is 13.7. The molecule has 4 rings (SSSR count). The summed E-state index contributed by atoms with van der Waals surface area (Å²) in [5, 5.41) is 3.43. The minimum absolute atomic E-state index is 0.0581. The molecule has 1 fully saturated rings. The van der Waals surface area contributed by atoms with Crippen molar-refractivity contribution in [3.63, 3.8) is 0 Å². The lowest BCUT2D eigenvalue weighted by Gasteiger charge is -2.19. The number of hydrogen-bond donors (Lipinski definition) is 1. The molecule has 1 saturated heterocycles. The Hall–Kier alpha value is -2.80. The van der Waals surface area contributed by atoms with E-state index in [-0.39, 0.29) is 11.7 Å². The Morgan fingerprint density at radius 3 is 2.68 bits per heavy atom. The maximum Gasteiger partial charge on any atom is 0.246 e. The number of aromatic nitrogens is 3. The number of benzene rings is 1. The first-order valence-electron chi connectivity index (χ1n) is 9.69. The summed E-state index contributed by atoms with van der Waals surface area (Å²) in [7, 11) is 0. The number of hydrogen-bond acceptors (Lipinski definition) is 6. The molecule has 6 nitrogen and oxygen atoms in total. The third-order valence-electron chi connectivity index (χ3n) is 5.15. The van der Waals surface area contributed by atoms with E-state index in [1.54, 1.807) is 24.5 Å². The maximum atomic E-state index is 13.3. The van der Waals surface area contributed by atoms with Crippen molar-refractivity contribution in [2.75, 3.05) is 31.5 Å². The van der Waals surface area contributed by atoms with Gasteiger partial charge in [-0.3, -0.25) is 0 Å². The number of likely N-dealkylation sites (tertiary alicyclic amines) is 1. The van der Waals surface area contributed by atoms with Crippen molar-refractivity contribution < 1.29 is 8.81 Å². The van der Waals surface area contributed by atoms with E-state index in [0.29, 0.717) is 11.6 Å². The molecule has 1 aromatic carbocycles. The molecule has 28 heavy (non-hydrogen) atoms. The van der Waals surface area contributed by atoms with E-state index in [9.17, 15) is 4.39 Å². The van der Waals surface area contributed by atoms with Crippen LogP contribution in [0.4, 0.5) is 10.2 Å². The van der Waals surface area contributed by atoms with E-state index >= 15 is 0 Å². The van der Waals surface area contributed by atoms with Crippen LogP contribution in [0.1, 0.15) is 36.9 Å². The third-order valence-corrected chi connectivity index (χ3v) is 5.15. The van der Waals surface area contributed by atoms with Crippen LogP contribution in [-0.2, 0) is 0 Å². The topological polar surface area (TPSA) is 67.1 Å². The molecule has 0 radical (unpaired) electrons. The molecule has 0 saturated carbocycles. The van der Waals surface area contributed by atoms with E-state index < -0.39 is 0 Å². The summed E-state index contributed by atoms with van der Waals surface area (Å²) in [5.74, 6) is 0.867. The van der Waals surface area contributed by atoms with Crippen molar-refractivity contribution in [2.45, 2.75) is 25.7 Å². The lowest BCUT2D eigenvalue weighted by molar-refractivity contribution is 0.352. The summed E-state index contributed by atoms with van der Waals surface area (Å²) < 4.78 is 18.7. The van der Waals surface area contributed by atoms with Gasteiger partial charge in [0.2, 0.25) is 5.89 Å². The lowest BCUT2D eigenvalue weighted by Crippen LogP contribution is -2.26. The standard InChI is InChI=1S/C21H24FN5O/c1-15(16-4-6-17(22)7-5-16)19-20(23-8-12-27-10-2-3-11-27)25-14-18(26-19)21-24-9-13-28-21/h4-7,9,13-15H,2-3,8,10-12H2,1H3,(H,23,25). The van der Waals surface area contributed by atoms with E-state index in [1.165, 1.54) is 31.2 Å². The van der Waals surface area contributed by atoms with Gasteiger partial charge >= 0.3 is 0 Å². The number of anilines is 1. The van der Waals surface area contributed by atoms with E-state index in [4.69, 9.17) is 9.40 Å². The van der Waals surface area contributed by atoms with Crippen LogP contribution in [0.25, 0.3) is 11.6 Å². The fourth-order valence-corrected chi connectivity index (χ4v) is 3.54. The summed E-state index contributed by atoms with van der Waals surface area (Å²) in [6, 6.07) is 6.51. The van der Waals surface area contributed by atoms with Gasteiger partial charge in [-0.25, -0.2) is 19.3 Å². The average molecular weight is 381 g/mol. The molecule has 3 heterocycles. The second-order valence-corrected chi connectivity index (χ2v) is 7.08. The molecule has 1 N–H and O–H groups in total. The molecule has 0 amide bonds. The molecule has 7 heteroatoms. The van der Waals surface area contributed by atoms with Crippen LogP contribution in [0.15, 0.2) is 47.3 Å². The van der Waals surface area contributed by atoms with Crippen molar-refractivity contribution in [2.24, 2.45) is 0 Å². The highest BCUT2D eigenvalue weighted by atomic mass is 19.1. The predicted molar refractivity (Wildman–Crippen MR) is 106 cm³/mol. The van der Waals surface area contributed by atoms with Gasteiger partial charge < -0.3 is 14.6 Å². The Labute approximate surface area is 163 Å². The highest BCUT2D eigenvalue weighted by Gasteiger charge is 2.19. The summed E-state index contributed by atoms with van der Waals surface area (Å²) in [4.78, 5) is 16.0. The van der Waals surface area contributed by atoms with Gasteiger partial charge in [-0.1, -0.05) is 19.1 Å². The number of halogens is 1. The molecular weight excluding hydrogens is 357 g/mol. The van der Waals surface area contributed by atoms with Crippen molar-refractivity contribution in [1.82, 2.24) is 19.9 Å². The summed E-state index contributed by atoms with van der Waals surface area (Å²) in [6.45, 7) is 6.15. The minimum atomic E-state index is -0.250. The highest BCUT2D eigenvalue weighted by Crippen LogP contribution is 2.29. The van der Waals surface area contributed by atoms with Crippen molar-refractivity contribution >= 4 is 5.82 Å². The molecule has 1 unspecified atom stereocenters. The lowest BCUT2D eigenvalue weighted by atomic mass is 9.97. The first-order valence-corrected chi connectivity index (χ1v) is 9.69.